The van der Waals surface area contributed by atoms with Gasteiger partial charge in [0.15, 0.2) is 4.87 Å². The molecule has 0 atom stereocenters. The van der Waals surface area contributed by atoms with Crippen molar-refractivity contribution in [2.24, 2.45) is 0 Å². The van der Waals surface area contributed by atoms with E-state index in [0.29, 0.717) is 5.69 Å². The third-order valence-corrected chi connectivity index (χ3v) is 3.97. The Kier molecular flexibility index (Phi) is 3.24. The number of fused-ring (bicyclic) bond motifs is 2. The molecular formula is C20H15N2O+. The lowest BCUT2D eigenvalue weighted by atomic mass is 10.1. The first-order valence-corrected chi connectivity index (χ1v) is 7.52. The molecular weight excluding hydrogens is 284 g/mol. The molecule has 0 heterocycles. The Hall–Kier alpha value is -3.20. The van der Waals surface area contributed by atoms with E-state index in [1.54, 1.807) is 0 Å². The molecule has 0 amide bonds. The summed E-state index contributed by atoms with van der Waals surface area (Å²) in [5.74, 6) is 0. The Bertz CT molecular complexity index is 1020. The predicted molar refractivity (Wildman–Crippen MR) is 94.8 cm³/mol. The quantitative estimate of drug-likeness (QED) is 0.404. The molecule has 0 spiro atoms. The molecule has 1 N–H and O–H groups in total. The Morgan fingerprint density at radius 3 is 2.22 bits per heavy atom. The van der Waals surface area contributed by atoms with Gasteiger partial charge in [0.2, 0.25) is 0 Å². The zero-order valence-electron chi connectivity index (χ0n) is 12.4. The minimum atomic E-state index is 0.608. The molecule has 0 fully saturated rings. The lowest BCUT2D eigenvalue weighted by molar-refractivity contribution is -0.426. The number of anilines is 1. The van der Waals surface area contributed by atoms with Crippen LogP contribution < -0.4 is 5.43 Å². The van der Waals surface area contributed by atoms with Gasteiger partial charge >= 0.3 is 0 Å². The average molecular weight is 299 g/mol. The third-order valence-electron chi connectivity index (χ3n) is 3.97. The fraction of sp³-hybridized carbons (Fsp3) is 0. The first kappa shape index (κ1) is 13.5. The predicted octanol–water partition coefficient (Wildman–Crippen LogP) is 5.43. The molecule has 0 bridgehead atoms. The molecule has 0 aliphatic heterocycles. The summed E-state index contributed by atoms with van der Waals surface area (Å²) in [6.07, 6.45) is 0. The lowest BCUT2D eigenvalue weighted by Crippen LogP contribution is -2.10. The minimum Gasteiger partial charge on any atom is -0.114 e. The highest BCUT2D eigenvalue weighted by atomic mass is 16.3. The van der Waals surface area contributed by atoms with Crippen LogP contribution in [-0.4, -0.2) is 4.87 Å². The molecule has 0 aliphatic rings. The summed E-state index contributed by atoms with van der Waals surface area (Å²) in [6, 6.07) is 27.6. The van der Waals surface area contributed by atoms with Gasteiger partial charge in [-0.3, -0.25) is 0 Å². The number of nitroso groups, excluding NO2 is 1. The summed E-state index contributed by atoms with van der Waals surface area (Å²) in [4.78, 5) is 13.4. The number of hydrazine groups is 1. The van der Waals surface area contributed by atoms with E-state index in [-0.39, 0.29) is 0 Å². The third kappa shape index (κ3) is 2.53. The van der Waals surface area contributed by atoms with Crippen LogP contribution in [0.25, 0.3) is 21.5 Å². The zero-order chi connectivity index (χ0) is 15.6. The van der Waals surface area contributed by atoms with Crippen LogP contribution in [0.2, 0.25) is 0 Å². The van der Waals surface area contributed by atoms with Crippen molar-refractivity contribution in [3.63, 3.8) is 0 Å². The van der Waals surface area contributed by atoms with Crippen molar-refractivity contribution in [1.82, 2.24) is 0 Å². The molecule has 23 heavy (non-hydrogen) atoms. The second-order valence-corrected chi connectivity index (χ2v) is 5.47. The highest BCUT2D eigenvalue weighted by molar-refractivity contribution is 5.90. The largest absolute Gasteiger partial charge is 0.300 e. The average Bonchev–Trinajstić information content (AvgIpc) is 2.61. The fourth-order valence-corrected chi connectivity index (χ4v) is 2.82. The molecule has 0 aliphatic carbocycles. The highest BCUT2D eigenvalue weighted by Gasteiger charge is 2.17. The van der Waals surface area contributed by atoms with E-state index >= 15 is 0 Å². The van der Waals surface area contributed by atoms with E-state index in [2.05, 4.69) is 11.5 Å². The van der Waals surface area contributed by atoms with Crippen molar-refractivity contribution >= 4 is 32.9 Å². The smallest absolute Gasteiger partial charge is 0.114 e. The van der Waals surface area contributed by atoms with Gasteiger partial charge < -0.3 is 0 Å². The highest BCUT2D eigenvalue weighted by Crippen LogP contribution is 2.26. The maximum Gasteiger partial charge on any atom is 0.300 e. The molecule has 4 rings (SSSR count). The number of hydrogen-bond acceptors (Lipinski definition) is 1. The number of nitrogens with zero attached hydrogens (tertiary/aromatic N) is 1. The Labute approximate surface area is 133 Å². The van der Waals surface area contributed by atoms with Crippen LogP contribution in [-0.2, 0) is 0 Å². The summed E-state index contributed by atoms with van der Waals surface area (Å²) in [7, 11) is 0. The summed E-state index contributed by atoms with van der Waals surface area (Å²) in [6.45, 7) is 0. The van der Waals surface area contributed by atoms with Crippen molar-refractivity contribution in [2.45, 2.75) is 0 Å². The molecule has 110 valence electrons. The van der Waals surface area contributed by atoms with E-state index in [1.165, 1.54) is 0 Å². The first-order chi connectivity index (χ1) is 11.3. The van der Waals surface area contributed by atoms with Gasteiger partial charge in [0.1, 0.15) is 5.69 Å². The topological polar surface area (TPSA) is 32.1 Å². The molecule has 0 saturated heterocycles. The molecule has 0 saturated carbocycles. The second kappa shape index (κ2) is 5.54. The number of nitrogens with one attached hydrogen (secondary N) is 1. The van der Waals surface area contributed by atoms with Crippen molar-refractivity contribution in [3.05, 3.63) is 89.8 Å². The molecule has 4 aromatic carbocycles. The van der Waals surface area contributed by atoms with E-state index in [1.807, 2.05) is 78.9 Å². The van der Waals surface area contributed by atoms with Crippen LogP contribution >= 0.6 is 0 Å². The van der Waals surface area contributed by atoms with Crippen LogP contribution in [0.3, 0.4) is 0 Å². The van der Waals surface area contributed by atoms with Crippen LogP contribution in [0.1, 0.15) is 0 Å². The summed E-state index contributed by atoms with van der Waals surface area (Å²) in [5.41, 5.74) is 4.30. The van der Waals surface area contributed by atoms with Gasteiger partial charge in [-0.05, 0) is 34.4 Å². The Morgan fingerprint density at radius 2 is 1.35 bits per heavy atom. The van der Waals surface area contributed by atoms with E-state index in [0.717, 1.165) is 32.1 Å². The Morgan fingerprint density at radius 1 is 0.652 bits per heavy atom. The van der Waals surface area contributed by atoms with Gasteiger partial charge in [-0.1, -0.05) is 60.7 Å². The molecule has 0 radical (unpaired) electrons. The van der Waals surface area contributed by atoms with Gasteiger partial charge in [0.05, 0.1) is 10.3 Å². The monoisotopic (exact) mass is 299 g/mol. The van der Waals surface area contributed by atoms with E-state index in [9.17, 15) is 4.91 Å². The van der Waals surface area contributed by atoms with Crippen molar-refractivity contribution in [2.75, 3.05) is 5.43 Å². The van der Waals surface area contributed by atoms with E-state index in [4.69, 9.17) is 0 Å². The summed E-state index contributed by atoms with van der Waals surface area (Å²) >= 11 is 0. The minimum absolute atomic E-state index is 0.608. The zero-order valence-corrected chi connectivity index (χ0v) is 12.4. The van der Waals surface area contributed by atoms with Gasteiger partial charge in [-0.15, -0.1) is 5.43 Å². The van der Waals surface area contributed by atoms with Gasteiger partial charge in [-0.25, -0.2) is 0 Å². The number of hydrogen-bond donors (Lipinski definition) is 1. The van der Waals surface area contributed by atoms with Gasteiger partial charge in [-0.2, -0.15) is 0 Å². The van der Waals surface area contributed by atoms with Crippen LogP contribution in [0.5, 0.6) is 0 Å². The summed E-state index contributed by atoms with van der Waals surface area (Å²) in [5, 5.41) is 4.23. The molecule has 3 heteroatoms. The normalized spacial score (nSPS) is 10.8. The van der Waals surface area contributed by atoms with Crippen LogP contribution in [0.4, 0.5) is 11.4 Å². The van der Waals surface area contributed by atoms with Crippen LogP contribution in [0.15, 0.2) is 84.9 Å². The van der Waals surface area contributed by atoms with Crippen molar-refractivity contribution in [1.29, 1.82) is 0 Å². The standard InChI is InChI=1S/C20H15N2O/c23-22(20-11-5-9-16-7-3-4-10-19(16)20)21-18-13-12-15-6-1-2-8-17(15)14-18/h1-14H,(H,21,23)/q+1. The number of benzene rings is 4. The molecule has 3 nitrogen and oxygen atoms in total. The Balaban J connectivity index is 1.70. The SMILES string of the molecule is O=[N+](Nc1ccc2ccccc2c1)c1cccc2ccccc12. The van der Waals surface area contributed by atoms with Crippen molar-refractivity contribution < 1.29 is 4.87 Å². The first-order valence-electron chi connectivity index (χ1n) is 7.52. The molecule has 0 aromatic heterocycles. The van der Waals surface area contributed by atoms with Gasteiger partial charge in [0.25, 0.3) is 5.69 Å². The van der Waals surface area contributed by atoms with Crippen LogP contribution in [0, 0.1) is 4.91 Å². The van der Waals surface area contributed by atoms with Gasteiger partial charge in [0, 0.05) is 6.07 Å². The maximum atomic E-state index is 12.6. The second-order valence-electron chi connectivity index (χ2n) is 5.47. The van der Waals surface area contributed by atoms with E-state index < -0.39 is 0 Å². The lowest BCUT2D eigenvalue weighted by Gasteiger charge is -2.02. The summed E-state index contributed by atoms with van der Waals surface area (Å²) < 4.78 is 0. The molecule has 0 unspecified atom stereocenters. The van der Waals surface area contributed by atoms with Crippen molar-refractivity contribution in [3.8, 4) is 0 Å². The maximum absolute atomic E-state index is 12.6. The molecule has 4 aromatic rings. The number of rotatable bonds is 3. The fourth-order valence-electron chi connectivity index (χ4n) is 2.82.